The number of pyridine rings is 1. The van der Waals surface area contributed by atoms with E-state index in [0.717, 1.165) is 62.3 Å². The van der Waals surface area contributed by atoms with E-state index in [0.29, 0.717) is 16.9 Å². The lowest BCUT2D eigenvalue weighted by atomic mass is 9.72. The van der Waals surface area contributed by atoms with Gasteiger partial charge in [-0.3, -0.25) is 4.90 Å². The summed E-state index contributed by atoms with van der Waals surface area (Å²) in [6.07, 6.45) is 6.93. The van der Waals surface area contributed by atoms with Gasteiger partial charge in [-0.2, -0.15) is 0 Å². The molecule has 1 aliphatic carbocycles. The molecule has 0 bridgehead atoms. The first-order valence-electron chi connectivity index (χ1n) is 14.5. The van der Waals surface area contributed by atoms with Gasteiger partial charge in [0.1, 0.15) is 22.7 Å². The minimum atomic E-state index is -1.01. The number of aromatic nitrogens is 2. The first-order chi connectivity index (χ1) is 19.7. The molecule has 7 nitrogen and oxygen atoms in total. The van der Waals surface area contributed by atoms with Crippen molar-refractivity contribution >= 4 is 28.3 Å². The van der Waals surface area contributed by atoms with Crippen molar-refractivity contribution in [2.24, 2.45) is 5.41 Å². The Morgan fingerprint density at radius 1 is 1.05 bits per heavy atom. The van der Waals surface area contributed by atoms with Gasteiger partial charge in [0.2, 0.25) is 0 Å². The lowest BCUT2D eigenvalue weighted by molar-refractivity contribution is 0.0694. The Balaban J connectivity index is 1.17. The second-order valence-corrected chi connectivity index (χ2v) is 12.2. The van der Waals surface area contributed by atoms with E-state index in [4.69, 9.17) is 4.74 Å². The van der Waals surface area contributed by atoms with Crippen molar-refractivity contribution in [3.05, 3.63) is 89.3 Å². The van der Waals surface area contributed by atoms with Gasteiger partial charge in [0.05, 0.1) is 6.20 Å². The van der Waals surface area contributed by atoms with Gasteiger partial charge < -0.3 is 19.7 Å². The van der Waals surface area contributed by atoms with Gasteiger partial charge in [-0.15, -0.1) is 0 Å². The molecule has 212 valence electrons. The molecule has 7 heteroatoms. The van der Waals surface area contributed by atoms with E-state index in [2.05, 4.69) is 64.8 Å². The molecule has 2 aromatic heterocycles. The van der Waals surface area contributed by atoms with E-state index in [1.54, 1.807) is 17.8 Å². The number of hydrogen-bond donors (Lipinski definition) is 2. The minimum Gasteiger partial charge on any atom is -0.478 e. The predicted octanol–water partition coefficient (Wildman–Crippen LogP) is 7.15. The van der Waals surface area contributed by atoms with E-state index < -0.39 is 5.97 Å². The fourth-order valence-electron chi connectivity index (χ4n) is 6.07. The van der Waals surface area contributed by atoms with Crippen molar-refractivity contribution in [3.8, 4) is 11.5 Å². The third-order valence-electron chi connectivity index (χ3n) is 8.54. The highest BCUT2D eigenvalue weighted by Gasteiger charge is 2.29. The highest BCUT2D eigenvalue weighted by atomic mass is 16.5. The number of aryl methyl sites for hydroxylation is 1. The average Bonchev–Trinajstić information content (AvgIpc) is 3.43. The number of nitrogens with one attached hydrogen (secondary N) is 1. The molecular formula is C34H38N4O3. The number of aromatic amines is 1. The van der Waals surface area contributed by atoms with Crippen LogP contribution in [0.1, 0.15) is 54.6 Å². The van der Waals surface area contributed by atoms with Crippen LogP contribution in [0.2, 0.25) is 0 Å². The van der Waals surface area contributed by atoms with Crippen LogP contribution in [0, 0.1) is 12.3 Å². The van der Waals surface area contributed by atoms with Gasteiger partial charge >= 0.3 is 5.97 Å². The first kappa shape index (κ1) is 27.1. The predicted molar refractivity (Wildman–Crippen MR) is 164 cm³/mol. The number of allylic oxidation sites excluding steroid dienone is 1. The Morgan fingerprint density at radius 3 is 2.59 bits per heavy atom. The number of aromatic carboxylic acids is 1. The van der Waals surface area contributed by atoms with Crippen LogP contribution in [0.15, 0.2) is 72.6 Å². The van der Waals surface area contributed by atoms with Gasteiger partial charge in [0, 0.05) is 56.1 Å². The molecule has 0 saturated carbocycles. The third kappa shape index (κ3) is 6.00. The number of rotatable bonds is 7. The average molecular weight is 551 g/mol. The highest BCUT2D eigenvalue weighted by Crippen LogP contribution is 2.43. The number of ether oxygens (including phenoxy) is 1. The molecule has 1 fully saturated rings. The number of carboxylic acids is 1. The maximum Gasteiger partial charge on any atom is 0.339 e. The lowest BCUT2D eigenvalue weighted by Gasteiger charge is -2.39. The van der Waals surface area contributed by atoms with Gasteiger partial charge in [0.25, 0.3) is 0 Å². The van der Waals surface area contributed by atoms with Crippen molar-refractivity contribution in [1.29, 1.82) is 0 Å². The summed E-state index contributed by atoms with van der Waals surface area (Å²) < 4.78 is 6.08. The normalized spacial score (nSPS) is 17.7. The summed E-state index contributed by atoms with van der Waals surface area (Å²) >= 11 is 0. The largest absolute Gasteiger partial charge is 0.478 e. The van der Waals surface area contributed by atoms with Crippen LogP contribution in [-0.4, -0.2) is 58.7 Å². The van der Waals surface area contributed by atoms with E-state index >= 15 is 0 Å². The smallest absolute Gasteiger partial charge is 0.339 e. The van der Waals surface area contributed by atoms with Gasteiger partial charge in [-0.05, 0) is 67.0 Å². The van der Waals surface area contributed by atoms with E-state index in [-0.39, 0.29) is 5.56 Å². The molecule has 0 unspecified atom stereocenters. The molecule has 1 saturated heterocycles. The van der Waals surface area contributed by atoms with Crippen molar-refractivity contribution in [1.82, 2.24) is 14.9 Å². The molecule has 0 atom stereocenters. The summed E-state index contributed by atoms with van der Waals surface area (Å²) in [7, 11) is 0. The number of anilines is 1. The van der Waals surface area contributed by atoms with Crippen molar-refractivity contribution in [3.63, 3.8) is 0 Å². The van der Waals surface area contributed by atoms with E-state index in [1.165, 1.54) is 23.1 Å². The number of H-pyrrole nitrogens is 1. The topological polar surface area (TPSA) is 81.7 Å². The van der Waals surface area contributed by atoms with Crippen LogP contribution >= 0.6 is 0 Å². The molecule has 0 spiro atoms. The van der Waals surface area contributed by atoms with Crippen LogP contribution in [-0.2, 0) is 0 Å². The summed E-state index contributed by atoms with van der Waals surface area (Å²) in [5.41, 5.74) is 7.98. The Hall–Kier alpha value is -4.10. The summed E-state index contributed by atoms with van der Waals surface area (Å²) in [5, 5.41) is 10.7. The number of carboxylic acid groups (broad SMARTS) is 1. The molecule has 3 heterocycles. The number of carbonyl (C=O) groups is 1. The van der Waals surface area contributed by atoms with Gasteiger partial charge in [-0.25, -0.2) is 9.78 Å². The van der Waals surface area contributed by atoms with Gasteiger partial charge in [0.15, 0.2) is 0 Å². The molecule has 4 aromatic rings. The Labute approximate surface area is 241 Å². The van der Waals surface area contributed by atoms with Crippen molar-refractivity contribution in [2.75, 3.05) is 37.6 Å². The standard InChI is InChI=1S/C34H38N4O3/c1-23-4-6-24(7-5-23)30-20-34(2,3)12-10-26(30)22-37-14-16-38(17-15-37)27-8-9-29(33(39)40)31(19-27)41-28-18-25-11-13-35-32(25)36-21-28/h4-9,11,13,18-19,21H,10,12,14-17,20,22H2,1-3H3,(H,35,36)(H,39,40). The third-order valence-corrected chi connectivity index (χ3v) is 8.54. The van der Waals surface area contributed by atoms with Crippen LogP contribution in [0.3, 0.4) is 0 Å². The fraction of sp³-hybridized carbons (Fsp3) is 0.353. The monoisotopic (exact) mass is 550 g/mol. The molecule has 2 aromatic carbocycles. The zero-order valence-electron chi connectivity index (χ0n) is 24.1. The molecule has 6 rings (SSSR count). The summed E-state index contributed by atoms with van der Waals surface area (Å²) in [6, 6.07) is 18.2. The molecule has 0 radical (unpaired) electrons. The van der Waals surface area contributed by atoms with Crippen molar-refractivity contribution in [2.45, 2.75) is 40.0 Å². The summed E-state index contributed by atoms with van der Waals surface area (Å²) in [4.78, 5) is 24.3. The Bertz CT molecular complexity index is 1590. The Morgan fingerprint density at radius 2 is 1.83 bits per heavy atom. The zero-order chi connectivity index (χ0) is 28.6. The minimum absolute atomic E-state index is 0.136. The summed E-state index contributed by atoms with van der Waals surface area (Å²) in [5.74, 6) is -0.179. The number of benzene rings is 2. The van der Waals surface area contributed by atoms with E-state index in [1.807, 2.05) is 30.5 Å². The van der Waals surface area contributed by atoms with E-state index in [9.17, 15) is 9.90 Å². The number of hydrogen-bond acceptors (Lipinski definition) is 5. The maximum absolute atomic E-state index is 12.0. The van der Waals surface area contributed by atoms with Crippen LogP contribution in [0.5, 0.6) is 11.5 Å². The Kier molecular flexibility index (Phi) is 7.30. The van der Waals surface area contributed by atoms with Crippen LogP contribution < -0.4 is 9.64 Å². The zero-order valence-corrected chi connectivity index (χ0v) is 24.1. The second-order valence-electron chi connectivity index (χ2n) is 12.2. The molecule has 2 N–H and O–H groups in total. The fourth-order valence-corrected chi connectivity index (χ4v) is 6.07. The molecule has 41 heavy (non-hydrogen) atoms. The molecule has 2 aliphatic rings. The van der Waals surface area contributed by atoms with Crippen LogP contribution in [0.25, 0.3) is 16.6 Å². The SMILES string of the molecule is Cc1ccc(C2=C(CN3CCN(c4ccc(C(=O)O)c(Oc5cnc6[nH]ccc6c5)c4)CC3)CCC(C)(C)C2)cc1. The van der Waals surface area contributed by atoms with Gasteiger partial charge in [-0.1, -0.05) is 49.2 Å². The maximum atomic E-state index is 12.0. The van der Waals surface area contributed by atoms with Crippen molar-refractivity contribution < 1.29 is 14.6 Å². The summed E-state index contributed by atoms with van der Waals surface area (Å²) in [6.45, 7) is 11.6. The highest BCUT2D eigenvalue weighted by molar-refractivity contribution is 5.92. The number of fused-ring (bicyclic) bond motifs is 1. The molecule has 0 amide bonds. The lowest BCUT2D eigenvalue weighted by Crippen LogP contribution is -2.47. The first-order valence-corrected chi connectivity index (χ1v) is 14.5. The quantitative estimate of drug-likeness (QED) is 0.254. The number of nitrogens with zero attached hydrogens (tertiary/aromatic N) is 3. The van der Waals surface area contributed by atoms with Crippen LogP contribution in [0.4, 0.5) is 5.69 Å². The molecule has 1 aliphatic heterocycles. The second kappa shape index (κ2) is 11.1. The number of piperazine rings is 1. The molecular weight excluding hydrogens is 512 g/mol.